The largest absolute Gasteiger partial charge is 0.479 e. The lowest BCUT2D eigenvalue weighted by Crippen LogP contribution is -2.16. The summed E-state index contributed by atoms with van der Waals surface area (Å²) >= 11 is 0. The molecule has 0 bridgehead atoms. The van der Waals surface area contributed by atoms with Gasteiger partial charge in [-0.05, 0) is 42.0 Å². The van der Waals surface area contributed by atoms with Gasteiger partial charge in [0.15, 0.2) is 12.4 Å². The topological polar surface area (TPSA) is 131 Å². The number of nitrogens with one attached hydrogen (secondary N) is 1. The molecular formula is C18H12N4O5. The van der Waals surface area contributed by atoms with Gasteiger partial charge in [-0.15, -0.1) is 0 Å². The van der Waals surface area contributed by atoms with E-state index in [9.17, 15) is 14.9 Å². The van der Waals surface area contributed by atoms with E-state index in [4.69, 9.17) is 14.4 Å². The highest BCUT2D eigenvalue weighted by Crippen LogP contribution is 2.24. The van der Waals surface area contributed by atoms with E-state index in [2.05, 4.69) is 10.5 Å². The Morgan fingerprint density at radius 2 is 2.07 bits per heavy atom. The maximum atomic E-state index is 12.1. The van der Waals surface area contributed by atoms with E-state index >= 15 is 0 Å². The van der Waals surface area contributed by atoms with Crippen molar-refractivity contribution in [3.8, 4) is 11.8 Å². The van der Waals surface area contributed by atoms with Gasteiger partial charge in [-0.3, -0.25) is 14.9 Å². The third-order valence-corrected chi connectivity index (χ3v) is 3.50. The number of carbonyl (C=O) groups is 1. The van der Waals surface area contributed by atoms with Crippen molar-refractivity contribution in [2.24, 2.45) is 5.10 Å². The van der Waals surface area contributed by atoms with Crippen molar-refractivity contribution in [2.45, 2.75) is 0 Å². The summed E-state index contributed by atoms with van der Waals surface area (Å²) in [7, 11) is 0. The Bertz CT molecular complexity index is 1060. The molecule has 0 saturated carbocycles. The van der Waals surface area contributed by atoms with E-state index in [-0.39, 0.29) is 18.1 Å². The highest BCUT2D eigenvalue weighted by Gasteiger charge is 2.14. The standard InChI is InChI=1S/C18H12N4O5/c19-7-8-26-15-4-1-12(2-5-15)11-20-21-18(23)17-10-13-9-14(22(24)25)3-6-16(13)27-17/h1-6,9-11H,8H2,(H,21,23). The average molecular weight is 364 g/mol. The number of carbonyl (C=O) groups excluding carboxylic acids is 1. The Labute approximate surface area is 152 Å². The maximum Gasteiger partial charge on any atom is 0.307 e. The number of non-ortho nitro benzene ring substituents is 1. The van der Waals surface area contributed by atoms with Crippen LogP contribution in [0, 0.1) is 21.4 Å². The second-order valence-corrected chi connectivity index (χ2v) is 5.30. The van der Waals surface area contributed by atoms with Gasteiger partial charge in [0, 0.05) is 17.5 Å². The number of benzene rings is 2. The molecule has 0 aliphatic carbocycles. The van der Waals surface area contributed by atoms with Crippen molar-refractivity contribution < 1.29 is 18.9 Å². The van der Waals surface area contributed by atoms with Crippen LogP contribution in [0.25, 0.3) is 11.0 Å². The Kier molecular flexibility index (Phi) is 5.09. The number of hydrogen-bond donors (Lipinski definition) is 1. The Balaban J connectivity index is 1.65. The number of nitriles is 1. The van der Waals surface area contributed by atoms with Crippen LogP contribution in [-0.2, 0) is 0 Å². The molecule has 9 heteroatoms. The number of fused-ring (bicyclic) bond motifs is 1. The summed E-state index contributed by atoms with van der Waals surface area (Å²) in [5.74, 6) is -0.0453. The molecule has 3 rings (SSSR count). The average Bonchev–Trinajstić information content (AvgIpc) is 3.10. The molecule has 0 atom stereocenters. The van der Waals surface area contributed by atoms with E-state index in [1.165, 1.54) is 30.5 Å². The Hall–Kier alpha value is -4.19. The fraction of sp³-hybridized carbons (Fsp3) is 0.0556. The molecule has 134 valence electrons. The van der Waals surface area contributed by atoms with Crippen LogP contribution in [0.3, 0.4) is 0 Å². The predicted octanol–water partition coefficient (Wildman–Crippen LogP) is 3.01. The monoisotopic (exact) mass is 364 g/mol. The summed E-state index contributed by atoms with van der Waals surface area (Å²) in [6, 6.07) is 14.1. The molecule has 0 radical (unpaired) electrons. The normalized spacial score (nSPS) is 10.6. The van der Waals surface area contributed by atoms with Crippen molar-refractivity contribution in [2.75, 3.05) is 6.61 Å². The number of nitro benzene ring substituents is 1. The minimum absolute atomic E-state index is 0.0112. The molecule has 1 N–H and O–H groups in total. The second-order valence-electron chi connectivity index (χ2n) is 5.30. The van der Waals surface area contributed by atoms with Gasteiger partial charge in [-0.25, -0.2) is 5.43 Å². The van der Waals surface area contributed by atoms with Crippen LogP contribution in [0.5, 0.6) is 5.75 Å². The van der Waals surface area contributed by atoms with Gasteiger partial charge in [-0.1, -0.05) is 0 Å². The fourth-order valence-corrected chi connectivity index (χ4v) is 2.24. The summed E-state index contributed by atoms with van der Waals surface area (Å²) in [6.07, 6.45) is 1.43. The van der Waals surface area contributed by atoms with Gasteiger partial charge < -0.3 is 9.15 Å². The van der Waals surface area contributed by atoms with Crippen LogP contribution in [-0.4, -0.2) is 23.7 Å². The third kappa shape index (κ3) is 4.26. The number of amides is 1. The van der Waals surface area contributed by atoms with Crippen LogP contribution < -0.4 is 10.2 Å². The van der Waals surface area contributed by atoms with Crippen molar-refractivity contribution in [1.82, 2.24) is 5.43 Å². The molecule has 0 saturated heterocycles. The zero-order valence-electron chi connectivity index (χ0n) is 13.8. The summed E-state index contributed by atoms with van der Waals surface area (Å²) < 4.78 is 10.5. The minimum Gasteiger partial charge on any atom is -0.479 e. The molecule has 27 heavy (non-hydrogen) atoms. The quantitative estimate of drug-likeness (QED) is 0.406. The summed E-state index contributed by atoms with van der Waals surface area (Å²) in [6.45, 7) is -0.0375. The highest BCUT2D eigenvalue weighted by atomic mass is 16.6. The maximum absolute atomic E-state index is 12.1. The first-order chi connectivity index (χ1) is 13.1. The molecule has 0 unspecified atom stereocenters. The van der Waals surface area contributed by atoms with Crippen LogP contribution in [0.4, 0.5) is 5.69 Å². The number of hydrogen-bond acceptors (Lipinski definition) is 7. The first-order valence-electron chi connectivity index (χ1n) is 7.68. The van der Waals surface area contributed by atoms with Gasteiger partial charge in [0.1, 0.15) is 17.4 Å². The first-order valence-corrected chi connectivity index (χ1v) is 7.68. The first kappa shape index (κ1) is 17.6. The molecule has 1 aromatic heterocycles. The van der Waals surface area contributed by atoms with E-state index in [0.717, 1.165) is 0 Å². The van der Waals surface area contributed by atoms with Gasteiger partial charge in [0.2, 0.25) is 0 Å². The van der Waals surface area contributed by atoms with Crippen molar-refractivity contribution >= 4 is 28.8 Å². The highest BCUT2D eigenvalue weighted by molar-refractivity contribution is 5.97. The second kappa shape index (κ2) is 7.79. The zero-order chi connectivity index (χ0) is 19.2. The smallest absolute Gasteiger partial charge is 0.307 e. The van der Waals surface area contributed by atoms with E-state index < -0.39 is 10.8 Å². The molecule has 2 aromatic carbocycles. The van der Waals surface area contributed by atoms with Gasteiger partial charge >= 0.3 is 5.91 Å². The number of hydrazone groups is 1. The third-order valence-electron chi connectivity index (χ3n) is 3.50. The molecule has 0 aliphatic rings. The molecular weight excluding hydrogens is 352 g/mol. The SMILES string of the molecule is N#CCOc1ccc(C=NNC(=O)c2cc3cc([N+](=O)[O-])ccc3o2)cc1. The molecule has 1 amide bonds. The van der Waals surface area contributed by atoms with Crippen molar-refractivity contribution in [3.63, 3.8) is 0 Å². The number of furan rings is 1. The zero-order valence-corrected chi connectivity index (χ0v) is 13.8. The summed E-state index contributed by atoms with van der Waals surface area (Å²) in [4.78, 5) is 22.4. The number of nitro groups is 1. The summed E-state index contributed by atoms with van der Waals surface area (Å²) in [5.41, 5.74) is 3.31. The minimum atomic E-state index is -0.584. The molecule has 0 fully saturated rings. The van der Waals surface area contributed by atoms with Crippen LogP contribution in [0.1, 0.15) is 16.1 Å². The lowest BCUT2D eigenvalue weighted by atomic mass is 10.2. The van der Waals surface area contributed by atoms with Gasteiger partial charge in [0.25, 0.3) is 5.69 Å². The lowest BCUT2D eigenvalue weighted by molar-refractivity contribution is -0.384. The Morgan fingerprint density at radius 1 is 1.30 bits per heavy atom. The van der Waals surface area contributed by atoms with Gasteiger partial charge in [-0.2, -0.15) is 10.4 Å². The molecule has 0 aliphatic heterocycles. The predicted molar refractivity (Wildman–Crippen MR) is 95.5 cm³/mol. The number of nitrogens with zero attached hydrogens (tertiary/aromatic N) is 3. The number of ether oxygens (including phenoxy) is 1. The van der Waals surface area contributed by atoms with Crippen molar-refractivity contribution in [3.05, 3.63) is 70.0 Å². The molecule has 1 heterocycles. The van der Waals surface area contributed by atoms with E-state index in [0.29, 0.717) is 22.3 Å². The van der Waals surface area contributed by atoms with Crippen LogP contribution >= 0.6 is 0 Å². The van der Waals surface area contributed by atoms with E-state index in [1.54, 1.807) is 24.3 Å². The molecule has 3 aromatic rings. The van der Waals surface area contributed by atoms with Crippen LogP contribution in [0.2, 0.25) is 0 Å². The fourth-order valence-electron chi connectivity index (χ4n) is 2.24. The number of rotatable bonds is 6. The molecule has 9 nitrogen and oxygen atoms in total. The molecule has 0 spiro atoms. The van der Waals surface area contributed by atoms with Gasteiger partial charge in [0.05, 0.1) is 11.1 Å². The van der Waals surface area contributed by atoms with Crippen LogP contribution in [0.15, 0.2) is 58.0 Å². The van der Waals surface area contributed by atoms with Crippen molar-refractivity contribution in [1.29, 1.82) is 5.26 Å². The summed E-state index contributed by atoms with van der Waals surface area (Å²) in [5, 5.41) is 23.5. The Morgan fingerprint density at radius 3 is 2.78 bits per heavy atom. The van der Waals surface area contributed by atoms with E-state index in [1.807, 2.05) is 6.07 Å². The lowest BCUT2D eigenvalue weighted by Gasteiger charge is -2.01.